The monoisotopic (exact) mass is 439 g/mol. The maximum Gasteiger partial charge on any atom is 0.140 e. The van der Waals surface area contributed by atoms with E-state index in [1.54, 1.807) is 23.5 Å². The van der Waals surface area contributed by atoms with E-state index >= 15 is 0 Å². The van der Waals surface area contributed by atoms with E-state index < -0.39 is 0 Å². The first-order chi connectivity index (χ1) is 14.7. The van der Waals surface area contributed by atoms with E-state index in [1.165, 1.54) is 34.7 Å². The van der Waals surface area contributed by atoms with Gasteiger partial charge < -0.3 is 4.74 Å². The number of fused-ring (bicyclic) bond motifs is 1. The number of hydrogen-bond donors (Lipinski definition) is 0. The number of ether oxygens (including phenoxy) is 1. The van der Waals surface area contributed by atoms with E-state index in [2.05, 4.69) is 34.5 Å². The lowest BCUT2D eigenvalue weighted by atomic mass is 9.98. The van der Waals surface area contributed by atoms with Crippen LogP contribution in [0, 0.1) is 5.82 Å². The van der Waals surface area contributed by atoms with Crippen molar-refractivity contribution in [3.05, 3.63) is 75.4 Å². The zero-order chi connectivity index (χ0) is 20.3. The first-order valence-corrected chi connectivity index (χ1v) is 11.8. The maximum absolute atomic E-state index is 13.0. The predicted octanol–water partition coefficient (Wildman–Crippen LogP) is 5.85. The van der Waals surface area contributed by atoms with E-state index in [0.717, 1.165) is 35.9 Å². The highest BCUT2D eigenvalue weighted by Crippen LogP contribution is 2.33. The van der Waals surface area contributed by atoms with Gasteiger partial charge in [0.1, 0.15) is 23.2 Å². The number of piperidine rings is 1. The number of thiazole rings is 2. The Balaban J connectivity index is 1.19. The van der Waals surface area contributed by atoms with Gasteiger partial charge in [-0.15, -0.1) is 22.7 Å². The second-order valence-corrected chi connectivity index (χ2v) is 9.57. The molecule has 0 amide bonds. The van der Waals surface area contributed by atoms with E-state index in [9.17, 15) is 4.39 Å². The number of para-hydroxylation sites is 1. The van der Waals surface area contributed by atoms with Gasteiger partial charge in [0.2, 0.25) is 0 Å². The smallest absolute Gasteiger partial charge is 0.140 e. The molecule has 2 aromatic heterocycles. The Morgan fingerprint density at radius 2 is 1.97 bits per heavy atom. The number of rotatable bonds is 6. The van der Waals surface area contributed by atoms with Gasteiger partial charge in [-0.25, -0.2) is 14.4 Å². The summed E-state index contributed by atoms with van der Waals surface area (Å²) < 4.78 is 20.0. The Kier molecular flexibility index (Phi) is 5.75. The zero-order valence-corrected chi connectivity index (χ0v) is 18.1. The minimum atomic E-state index is -0.260. The Bertz CT molecular complexity index is 1090. The highest BCUT2D eigenvalue weighted by Gasteiger charge is 2.24. The molecule has 0 bridgehead atoms. The maximum atomic E-state index is 13.0. The molecule has 4 nitrogen and oxygen atoms in total. The number of nitrogens with zero attached hydrogens (tertiary/aromatic N) is 3. The van der Waals surface area contributed by atoms with E-state index in [0.29, 0.717) is 18.3 Å². The minimum absolute atomic E-state index is 0.260. The second kappa shape index (κ2) is 8.79. The Labute approximate surface area is 183 Å². The molecule has 4 aromatic rings. The molecule has 5 rings (SSSR count). The molecule has 0 N–H and O–H groups in total. The first kappa shape index (κ1) is 19.6. The van der Waals surface area contributed by atoms with E-state index in [-0.39, 0.29) is 5.82 Å². The molecule has 0 saturated carbocycles. The van der Waals surface area contributed by atoms with Crippen LogP contribution >= 0.6 is 22.7 Å². The molecule has 7 heteroatoms. The van der Waals surface area contributed by atoms with Crippen LogP contribution in [-0.2, 0) is 13.2 Å². The average molecular weight is 440 g/mol. The van der Waals surface area contributed by atoms with Gasteiger partial charge >= 0.3 is 0 Å². The van der Waals surface area contributed by atoms with Crippen LogP contribution in [0.15, 0.2) is 53.9 Å². The summed E-state index contributed by atoms with van der Waals surface area (Å²) in [5, 5.41) is 4.31. The van der Waals surface area contributed by atoms with Crippen LogP contribution < -0.4 is 4.74 Å². The SMILES string of the molecule is Fc1ccc(OCc2nc(CN3CCCC(c4nc5ccccc5s4)C3)cs2)cc1. The minimum Gasteiger partial charge on any atom is -0.486 e. The van der Waals surface area contributed by atoms with Crippen molar-refractivity contribution in [2.24, 2.45) is 0 Å². The lowest BCUT2D eigenvalue weighted by Crippen LogP contribution is -2.33. The van der Waals surface area contributed by atoms with Gasteiger partial charge in [0.25, 0.3) is 0 Å². The second-order valence-electron chi connectivity index (χ2n) is 7.57. The fourth-order valence-electron chi connectivity index (χ4n) is 3.86. The summed E-state index contributed by atoms with van der Waals surface area (Å²) >= 11 is 3.44. The number of halogens is 1. The van der Waals surface area contributed by atoms with E-state index in [1.807, 2.05) is 11.3 Å². The molecule has 1 fully saturated rings. The number of hydrogen-bond acceptors (Lipinski definition) is 6. The van der Waals surface area contributed by atoms with Crippen LogP contribution in [0.2, 0.25) is 0 Å². The van der Waals surface area contributed by atoms with Crippen molar-refractivity contribution in [3.8, 4) is 5.75 Å². The molecule has 1 aliphatic rings. The largest absolute Gasteiger partial charge is 0.486 e. The summed E-state index contributed by atoms with van der Waals surface area (Å²) in [5.74, 6) is 0.892. The van der Waals surface area contributed by atoms with Gasteiger partial charge in [0, 0.05) is 24.4 Å². The molecule has 2 aromatic carbocycles. The summed E-state index contributed by atoms with van der Waals surface area (Å²) in [6.45, 7) is 3.39. The van der Waals surface area contributed by atoms with Gasteiger partial charge in [-0.1, -0.05) is 12.1 Å². The van der Waals surface area contributed by atoms with Crippen LogP contribution in [-0.4, -0.2) is 28.0 Å². The molecule has 0 aliphatic carbocycles. The molecule has 154 valence electrons. The molecular formula is C23H22FN3OS2. The fourth-order valence-corrected chi connectivity index (χ4v) is 5.65. The van der Waals surface area contributed by atoms with Gasteiger partial charge in [-0.05, 0) is 55.8 Å². The fraction of sp³-hybridized carbons (Fsp3) is 0.304. The molecule has 30 heavy (non-hydrogen) atoms. The third-order valence-corrected chi connectivity index (χ3v) is 7.40. The van der Waals surface area contributed by atoms with E-state index in [4.69, 9.17) is 14.7 Å². The van der Waals surface area contributed by atoms with Crippen LogP contribution in [0.3, 0.4) is 0 Å². The lowest BCUT2D eigenvalue weighted by Gasteiger charge is -2.31. The molecule has 0 spiro atoms. The number of aromatic nitrogens is 2. The lowest BCUT2D eigenvalue weighted by molar-refractivity contribution is 0.198. The summed E-state index contributed by atoms with van der Waals surface area (Å²) in [7, 11) is 0. The molecule has 1 aliphatic heterocycles. The average Bonchev–Trinajstić information content (AvgIpc) is 3.40. The number of benzene rings is 2. The Morgan fingerprint density at radius 3 is 2.83 bits per heavy atom. The normalized spacial score (nSPS) is 17.4. The van der Waals surface area contributed by atoms with Crippen molar-refractivity contribution in [2.45, 2.75) is 31.9 Å². The first-order valence-electron chi connectivity index (χ1n) is 10.1. The Hall–Kier alpha value is -2.35. The van der Waals surface area contributed by atoms with Crippen molar-refractivity contribution < 1.29 is 9.13 Å². The van der Waals surface area contributed by atoms with Crippen LogP contribution in [0.5, 0.6) is 5.75 Å². The van der Waals surface area contributed by atoms with Crippen molar-refractivity contribution in [1.82, 2.24) is 14.9 Å². The summed E-state index contributed by atoms with van der Waals surface area (Å²) in [5.41, 5.74) is 2.20. The van der Waals surface area contributed by atoms with Gasteiger partial charge in [-0.2, -0.15) is 0 Å². The van der Waals surface area contributed by atoms with Gasteiger partial charge in [0.15, 0.2) is 0 Å². The van der Waals surface area contributed by atoms with Crippen LogP contribution in [0.1, 0.15) is 34.5 Å². The van der Waals surface area contributed by atoms with Gasteiger partial charge in [-0.3, -0.25) is 4.90 Å². The van der Waals surface area contributed by atoms with Crippen LogP contribution in [0.25, 0.3) is 10.2 Å². The molecule has 1 unspecified atom stereocenters. The highest BCUT2D eigenvalue weighted by atomic mass is 32.1. The highest BCUT2D eigenvalue weighted by molar-refractivity contribution is 7.18. The third-order valence-electron chi connectivity index (χ3n) is 5.33. The molecule has 3 heterocycles. The summed E-state index contributed by atoms with van der Waals surface area (Å²) in [6, 6.07) is 14.5. The van der Waals surface area contributed by atoms with Crippen molar-refractivity contribution in [3.63, 3.8) is 0 Å². The van der Waals surface area contributed by atoms with Crippen molar-refractivity contribution >= 4 is 32.9 Å². The topological polar surface area (TPSA) is 38.2 Å². The molecule has 1 atom stereocenters. The summed E-state index contributed by atoms with van der Waals surface area (Å²) in [6.07, 6.45) is 2.38. The molecule has 0 radical (unpaired) electrons. The standard InChI is InChI=1S/C23H22FN3OS2/c24-17-7-9-19(10-8-17)28-14-22-25-18(15-29-22)13-27-11-3-4-16(12-27)23-26-20-5-1-2-6-21(20)30-23/h1-2,5-10,15-16H,3-4,11-14H2. The van der Waals surface area contributed by atoms with Gasteiger partial charge in [0.05, 0.1) is 20.9 Å². The molecular weight excluding hydrogens is 417 g/mol. The Morgan fingerprint density at radius 1 is 1.10 bits per heavy atom. The van der Waals surface area contributed by atoms with Crippen LogP contribution in [0.4, 0.5) is 4.39 Å². The zero-order valence-electron chi connectivity index (χ0n) is 16.5. The summed E-state index contributed by atoms with van der Waals surface area (Å²) in [4.78, 5) is 12.1. The van der Waals surface area contributed by atoms with Crippen molar-refractivity contribution in [1.29, 1.82) is 0 Å². The molecule has 1 saturated heterocycles. The number of likely N-dealkylation sites (tertiary alicyclic amines) is 1. The third kappa shape index (κ3) is 4.53. The quantitative estimate of drug-likeness (QED) is 0.378. The van der Waals surface area contributed by atoms with Crippen molar-refractivity contribution in [2.75, 3.05) is 13.1 Å². The predicted molar refractivity (Wildman–Crippen MR) is 120 cm³/mol.